The third-order valence-corrected chi connectivity index (χ3v) is 14.0. The van der Waals surface area contributed by atoms with E-state index in [4.69, 9.17) is 33.8 Å². The topological polar surface area (TPSA) is 111 Å². The number of nitrogens with zero attached hydrogens (tertiary/aromatic N) is 4. The number of fused-ring (bicyclic) bond motifs is 1. The Morgan fingerprint density at radius 2 is 1.48 bits per heavy atom. The Morgan fingerprint density at radius 3 is 2.09 bits per heavy atom. The van der Waals surface area contributed by atoms with E-state index >= 15 is 4.39 Å². The average Bonchev–Trinajstić information content (AvgIpc) is 3.66. The third kappa shape index (κ3) is 13.2. The van der Waals surface area contributed by atoms with E-state index in [1.807, 2.05) is 33.6 Å². The largest absolute Gasteiger partial charge is 0.464 e. The molecule has 0 atom stereocenters. The van der Waals surface area contributed by atoms with Gasteiger partial charge in [0, 0.05) is 62.7 Å². The molecule has 0 radical (unpaired) electrons. The lowest BCUT2D eigenvalue weighted by atomic mass is 9.96. The second kappa shape index (κ2) is 19.0. The van der Waals surface area contributed by atoms with Crippen molar-refractivity contribution in [1.29, 1.82) is 0 Å². The quantitative estimate of drug-likeness (QED) is 0.0505. The van der Waals surface area contributed by atoms with Crippen LogP contribution in [0, 0.1) is 5.82 Å². The van der Waals surface area contributed by atoms with Crippen LogP contribution in [-0.4, -0.2) is 83.3 Å². The molecule has 0 unspecified atom stereocenters. The number of amides is 1. The number of rotatable bonds is 21. The molecule has 0 saturated carbocycles. The molecule has 4 aromatic rings. The van der Waals surface area contributed by atoms with Gasteiger partial charge in [0.15, 0.2) is 24.2 Å². The van der Waals surface area contributed by atoms with E-state index in [1.165, 1.54) is 7.05 Å². The van der Waals surface area contributed by atoms with Crippen molar-refractivity contribution in [3.63, 3.8) is 0 Å². The number of nitrogens with one attached hydrogen (secondary N) is 1. The lowest BCUT2D eigenvalue weighted by molar-refractivity contribution is 0.0197. The Hall–Kier alpha value is -3.35. The molecule has 2 heterocycles. The number of hydrogen-bond donors (Lipinski definition) is 1. The number of carbonyl (C=O) groups is 1. The van der Waals surface area contributed by atoms with Crippen LogP contribution in [0.1, 0.15) is 18.2 Å². The lowest BCUT2D eigenvalue weighted by Crippen LogP contribution is -2.22. The first-order valence-electron chi connectivity index (χ1n) is 19.0. The molecule has 0 aliphatic rings. The van der Waals surface area contributed by atoms with Gasteiger partial charge in [-0.3, -0.25) is 0 Å². The highest BCUT2D eigenvalue weighted by Gasteiger charge is 2.22. The van der Waals surface area contributed by atoms with Crippen molar-refractivity contribution >= 4 is 41.2 Å². The molecule has 1 N–H and O–H groups in total. The fourth-order valence-corrected chi connectivity index (χ4v) is 7.79. The van der Waals surface area contributed by atoms with Gasteiger partial charge in [0.2, 0.25) is 0 Å². The molecule has 11 nitrogen and oxygen atoms in total. The minimum atomic E-state index is -1.31. The van der Waals surface area contributed by atoms with Gasteiger partial charge in [-0.1, -0.05) is 71.9 Å². The molecule has 2 aromatic heterocycles. The van der Waals surface area contributed by atoms with Crippen molar-refractivity contribution in [3.8, 4) is 28.4 Å². The highest BCUT2D eigenvalue weighted by molar-refractivity contribution is 6.76. The minimum absolute atomic E-state index is 0.00711. The van der Waals surface area contributed by atoms with Gasteiger partial charge in [0.05, 0.1) is 11.2 Å². The molecule has 0 aliphatic carbocycles. The minimum Gasteiger partial charge on any atom is -0.464 e. The Labute approximate surface area is 323 Å². The van der Waals surface area contributed by atoms with E-state index in [0.717, 1.165) is 45.7 Å². The molecule has 1 amide bonds. The Bertz CT molecular complexity index is 1850. The van der Waals surface area contributed by atoms with Gasteiger partial charge < -0.3 is 33.6 Å². The second-order valence-electron chi connectivity index (χ2n) is 17.4. The molecular formula is C39H62FN5O6Si3. The molecule has 0 bridgehead atoms. The molecule has 0 fully saturated rings. The van der Waals surface area contributed by atoms with E-state index in [1.54, 1.807) is 12.1 Å². The highest BCUT2D eigenvalue weighted by Crippen LogP contribution is 2.35. The van der Waals surface area contributed by atoms with Crippen molar-refractivity contribution in [1.82, 2.24) is 24.6 Å². The monoisotopic (exact) mass is 799 g/mol. The molecule has 0 spiro atoms. The van der Waals surface area contributed by atoms with E-state index < -0.39 is 36.1 Å². The maximum Gasteiger partial charge on any atom is 0.407 e. The summed E-state index contributed by atoms with van der Waals surface area (Å²) in [4.78, 5) is 16.8. The summed E-state index contributed by atoms with van der Waals surface area (Å²) in [6.45, 7) is 25.2. The summed E-state index contributed by atoms with van der Waals surface area (Å²) < 4.78 is 48.5. The van der Waals surface area contributed by atoms with E-state index in [-0.39, 0.29) is 32.6 Å². The normalized spacial score (nSPS) is 12.4. The summed E-state index contributed by atoms with van der Waals surface area (Å²) in [5, 5.41) is 8.40. The average molecular weight is 800 g/mol. The van der Waals surface area contributed by atoms with Crippen LogP contribution < -0.4 is 10.1 Å². The summed E-state index contributed by atoms with van der Waals surface area (Å²) in [5.41, 5.74) is 4.63. The maximum absolute atomic E-state index is 15.6. The molecule has 4 rings (SSSR count). The summed E-state index contributed by atoms with van der Waals surface area (Å²) in [6.07, 6.45) is 1.98. The first kappa shape index (κ1) is 43.4. The summed E-state index contributed by atoms with van der Waals surface area (Å²) in [5.74, 6) is 0.330. The van der Waals surface area contributed by atoms with Crippen molar-refractivity contribution < 1.29 is 32.9 Å². The second-order valence-corrected chi connectivity index (χ2v) is 34.3. The molecular weight excluding hydrogens is 738 g/mol. The molecule has 2 aromatic carbocycles. The van der Waals surface area contributed by atoms with E-state index in [0.29, 0.717) is 43.5 Å². The van der Waals surface area contributed by atoms with Crippen LogP contribution in [0.15, 0.2) is 36.5 Å². The maximum atomic E-state index is 15.6. The number of aromatic nitrogens is 4. The number of halogens is 1. The Balaban J connectivity index is 1.72. The number of carbonyl (C=O) groups excluding carboxylic acids is 1. The van der Waals surface area contributed by atoms with Crippen LogP contribution in [0.3, 0.4) is 0 Å². The zero-order valence-corrected chi connectivity index (χ0v) is 37.4. The predicted molar refractivity (Wildman–Crippen MR) is 223 cm³/mol. The highest BCUT2D eigenvalue weighted by atomic mass is 28.3. The summed E-state index contributed by atoms with van der Waals surface area (Å²) in [7, 11) is -2.33. The predicted octanol–water partition coefficient (Wildman–Crippen LogP) is 9.44. The van der Waals surface area contributed by atoms with Gasteiger partial charge in [-0.05, 0) is 65.5 Å². The summed E-state index contributed by atoms with van der Waals surface area (Å²) >= 11 is 0. The number of aryl methyl sites for hydroxylation is 1. The summed E-state index contributed by atoms with van der Waals surface area (Å²) in [6, 6.07) is 12.4. The molecule has 0 saturated heterocycles. The molecule has 298 valence electrons. The smallest absolute Gasteiger partial charge is 0.407 e. The lowest BCUT2D eigenvalue weighted by Gasteiger charge is -2.16. The Morgan fingerprint density at radius 1 is 0.852 bits per heavy atom. The van der Waals surface area contributed by atoms with Crippen LogP contribution in [0.4, 0.5) is 9.18 Å². The van der Waals surface area contributed by atoms with Crippen molar-refractivity contribution in [2.75, 3.05) is 33.7 Å². The van der Waals surface area contributed by atoms with Crippen LogP contribution >= 0.6 is 0 Å². The van der Waals surface area contributed by atoms with Crippen LogP contribution in [0.5, 0.6) is 5.75 Å². The van der Waals surface area contributed by atoms with Gasteiger partial charge >= 0.3 is 6.09 Å². The Kier molecular flexibility index (Phi) is 15.3. The van der Waals surface area contributed by atoms with Gasteiger partial charge in [0.1, 0.15) is 25.8 Å². The van der Waals surface area contributed by atoms with Gasteiger partial charge in [-0.15, -0.1) is 0 Å². The standard InChI is InChI=1S/C39H62FN5O6Si3/c1-12-29-22-36(51-28-49-17-20-54(9,10)11)34(40)23-33(29)30-13-14-32-35(21-30)45(27-48-16-19-53(6,7)8)43-37(32)38-42-31(25-50-39(46)41-2)24-44(38)26-47-15-18-52(3,4)5/h13-14,21-24H,12,15-20,25-28H2,1-11H3,(H,41,46). The SMILES string of the molecule is CCc1cc(OCOCC[Si](C)(C)C)c(F)cc1-c1ccc2c(-c3nc(COC(=O)NC)cn3COCC[Si](C)(C)C)nn(COCC[Si](C)(C)C)c2c1. The van der Waals surface area contributed by atoms with Crippen LogP contribution in [-0.2, 0) is 45.4 Å². The van der Waals surface area contributed by atoms with E-state index in [9.17, 15) is 4.79 Å². The zero-order chi connectivity index (χ0) is 39.7. The van der Waals surface area contributed by atoms with Gasteiger partial charge in [-0.25, -0.2) is 18.9 Å². The van der Waals surface area contributed by atoms with Crippen molar-refractivity contribution in [2.24, 2.45) is 0 Å². The molecule has 54 heavy (non-hydrogen) atoms. The molecule has 15 heteroatoms. The number of alkyl carbamates (subject to hydrolysis) is 1. The molecule has 0 aliphatic heterocycles. The van der Waals surface area contributed by atoms with Gasteiger partial charge in [0.25, 0.3) is 0 Å². The zero-order valence-electron chi connectivity index (χ0n) is 34.4. The van der Waals surface area contributed by atoms with E-state index in [2.05, 4.69) is 71.2 Å². The number of imidazole rings is 1. The number of ether oxygens (including phenoxy) is 5. The van der Waals surface area contributed by atoms with Crippen LogP contribution in [0.2, 0.25) is 77.1 Å². The van der Waals surface area contributed by atoms with Gasteiger partial charge in [-0.2, -0.15) is 5.10 Å². The first-order chi connectivity index (χ1) is 25.4. The third-order valence-electron chi connectivity index (χ3n) is 8.93. The fraction of sp³-hybridized carbons (Fsp3) is 0.564. The number of hydrogen-bond acceptors (Lipinski definition) is 8. The van der Waals surface area contributed by atoms with Crippen molar-refractivity contribution in [3.05, 3.63) is 53.6 Å². The fourth-order valence-electron chi connectivity index (χ4n) is 5.52. The van der Waals surface area contributed by atoms with Crippen LogP contribution in [0.25, 0.3) is 33.5 Å². The number of benzene rings is 2. The van der Waals surface area contributed by atoms with Crippen molar-refractivity contribution in [2.45, 2.75) is 110 Å². The first-order valence-corrected chi connectivity index (χ1v) is 30.1.